The van der Waals surface area contributed by atoms with Gasteiger partial charge in [-0.1, -0.05) is 11.6 Å². The second kappa shape index (κ2) is 9.80. The molecule has 3 rings (SSSR count). The van der Waals surface area contributed by atoms with Gasteiger partial charge in [0.2, 0.25) is 0 Å². The van der Waals surface area contributed by atoms with E-state index >= 15 is 0 Å². The Kier molecular flexibility index (Phi) is 7.37. The van der Waals surface area contributed by atoms with Crippen molar-refractivity contribution in [3.05, 3.63) is 58.6 Å². The molecule has 1 fully saturated rings. The van der Waals surface area contributed by atoms with E-state index in [0.29, 0.717) is 22.9 Å². The van der Waals surface area contributed by atoms with Gasteiger partial charge in [-0.15, -0.1) is 0 Å². The minimum atomic E-state index is -3.23. The molecule has 0 aromatic heterocycles. The first-order valence-electron chi connectivity index (χ1n) is 9.74. The van der Waals surface area contributed by atoms with Crippen LogP contribution in [0, 0.1) is 23.2 Å². The van der Waals surface area contributed by atoms with Gasteiger partial charge in [-0.2, -0.15) is 5.26 Å². The average Bonchev–Trinajstić information content (AvgIpc) is 3.12. The van der Waals surface area contributed by atoms with Crippen LogP contribution in [0.15, 0.2) is 47.4 Å². The number of ether oxygens (including phenoxy) is 1. The number of benzene rings is 2. The highest BCUT2D eigenvalue weighted by Gasteiger charge is 2.32. The molecule has 1 aliphatic rings. The maximum absolute atomic E-state index is 11.6. The summed E-state index contributed by atoms with van der Waals surface area (Å²) in [7, 11) is -3.23. The molecule has 0 spiro atoms. The van der Waals surface area contributed by atoms with Crippen molar-refractivity contribution in [3.8, 4) is 11.8 Å². The van der Waals surface area contributed by atoms with Gasteiger partial charge >= 0.3 is 0 Å². The molecule has 0 amide bonds. The van der Waals surface area contributed by atoms with Gasteiger partial charge < -0.3 is 14.7 Å². The molecule has 2 aromatic rings. The zero-order valence-electron chi connectivity index (χ0n) is 16.8. The molecule has 1 saturated heterocycles. The molecule has 1 heterocycles. The van der Waals surface area contributed by atoms with Crippen molar-refractivity contribution in [2.75, 3.05) is 39.1 Å². The smallest absolute Gasteiger partial charge is 0.175 e. The number of aliphatic hydroxyl groups excluding tert-OH is 1. The molecule has 6 nitrogen and oxygen atoms in total. The number of hydrogen-bond acceptors (Lipinski definition) is 6. The first kappa shape index (κ1) is 22.6. The summed E-state index contributed by atoms with van der Waals surface area (Å²) < 4.78 is 29.0. The summed E-state index contributed by atoms with van der Waals surface area (Å²) in [5, 5.41) is 19.4. The fourth-order valence-electron chi connectivity index (χ4n) is 3.75. The first-order valence-corrected chi connectivity index (χ1v) is 12.0. The molecule has 0 bridgehead atoms. The number of sulfone groups is 1. The van der Waals surface area contributed by atoms with E-state index in [-0.39, 0.29) is 23.3 Å². The third kappa shape index (κ3) is 5.96. The van der Waals surface area contributed by atoms with Crippen molar-refractivity contribution in [1.29, 1.82) is 5.26 Å². The maximum atomic E-state index is 11.6. The highest BCUT2D eigenvalue weighted by molar-refractivity contribution is 7.90. The van der Waals surface area contributed by atoms with Crippen molar-refractivity contribution in [2.45, 2.75) is 11.3 Å². The molecule has 30 heavy (non-hydrogen) atoms. The monoisotopic (exact) mass is 448 g/mol. The highest BCUT2D eigenvalue weighted by Crippen LogP contribution is 2.25. The topological polar surface area (TPSA) is 90.6 Å². The van der Waals surface area contributed by atoms with Crippen LogP contribution in [-0.4, -0.2) is 57.5 Å². The zero-order chi connectivity index (χ0) is 21.7. The van der Waals surface area contributed by atoms with Gasteiger partial charge in [0.1, 0.15) is 5.75 Å². The average molecular weight is 449 g/mol. The van der Waals surface area contributed by atoms with Gasteiger partial charge in [-0.05, 0) is 54.4 Å². The standard InChI is InChI=1S/C22H25ClN2O4S/c1-30(27,28)22-4-2-21(3-5-22)29-15-19-13-25(12-18(19)14-26)7-6-16-8-17(11-24)10-20(23)9-16/h2-5,8-10,18-19,26H,6-7,12-15H2,1H3. The largest absolute Gasteiger partial charge is 0.493 e. The number of aliphatic hydroxyl groups is 1. The van der Waals surface area contributed by atoms with Crippen LogP contribution in [0.25, 0.3) is 0 Å². The highest BCUT2D eigenvalue weighted by atomic mass is 35.5. The van der Waals surface area contributed by atoms with Crippen LogP contribution in [0.3, 0.4) is 0 Å². The minimum Gasteiger partial charge on any atom is -0.493 e. The molecule has 160 valence electrons. The van der Waals surface area contributed by atoms with Crippen LogP contribution in [0.4, 0.5) is 0 Å². The lowest BCUT2D eigenvalue weighted by Gasteiger charge is -2.17. The Morgan fingerprint density at radius 3 is 2.53 bits per heavy atom. The summed E-state index contributed by atoms with van der Waals surface area (Å²) in [6, 6.07) is 13.9. The fraction of sp³-hybridized carbons (Fsp3) is 0.409. The number of rotatable bonds is 8. The molecule has 8 heteroatoms. The van der Waals surface area contributed by atoms with Gasteiger partial charge in [0.05, 0.1) is 23.1 Å². The third-order valence-electron chi connectivity index (χ3n) is 5.41. The van der Waals surface area contributed by atoms with Crippen LogP contribution in [-0.2, 0) is 16.3 Å². The summed E-state index contributed by atoms with van der Waals surface area (Å²) in [4.78, 5) is 2.55. The predicted molar refractivity (Wildman–Crippen MR) is 115 cm³/mol. The molecule has 1 N–H and O–H groups in total. The summed E-state index contributed by atoms with van der Waals surface area (Å²) in [6.07, 6.45) is 1.94. The van der Waals surface area contributed by atoms with Crippen molar-refractivity contribution in [3.63, 3.8) is 0 Å². The van der Waals surface area contributed by atoms with Gasteiger partial charge in [0.25, 0.3) is 0 Å². The van der Waals surface area contributed by atoms with Crippen LogP contribution < -0.4 is 4.74 Å². The lowest BCUT2D eigenvalue weighted by atomic mass is 9.98. The first-order chi connectivity index (χ1) is 14.3. The molecular formula is C22H25ClN2O4S. The Balaban J connectivity index is 1.54. The van der Waals surface area contributed by atoms with Crippen molar-refractivity contribution in [2.24, 2.45) is 11.8 Å². The SMILES string of the molecule is CS(=O)(=O)c1ccc(OCC2CN(CCc3cc(Cl)cc(C#N)c3)CC2CO)cc1. The van der Waals surface area contributed by atoms with Crippen LogP contribution >= 0.6 is 11.6 Å². The van der Waals surface area contributed by atoms with Crippen molar-refractivity contribution < 1.29 is 18.3 Å². The Labute approximate surface area is 182 Å². The van der Waals surface area contributed by atoms with Crippen LogP contribution in [0.1, 0.15) is 11.1 Å². The molecule has 1 aliphatic heterocycles. The summed E-state index contributed by atoms with van der Waals surface area (Å²) >= 11 is 6.08. The van der Waals surface area contributed by atoms with Gasteiger partial charge in [-0.3, -0.25) is 0 Å². The number of nitriles is 1. The lowest BCUT2D eigenvalue weighted by molar-refractivity contribution is 0.162. The molecular weight excluding hydrogens is 424 g/mol. The zero-order valence-corrected chi connectivity index (χ0v) is 18.4. The minimum absolute atomic E-state index is 0.0906. The van der Waals surface area contributed by atoms with E-state index in [1.54, 1.807) is 18.2 Å². The maximum Gasteiger partial charge on any atom is 0.175 e. The second-order valence-corrected chi connectivity index (χ2v) is 10.2. The van der Waals surface area contributed by atoms with Crippen molar-refractivity contribution in [1.82, 2.24) is 4.90 Å². The van der Waals surface area contributed by atoms with E-state index < -0.39 is 9.84 Å². The van der Waals surface area contributed by atoms with Gasteiger partial charge in [0, 0.05) is 49.4 Å². The quantitative estimate of drug-likeness (QED) is 0.667. The predicted octanol–water partition coefficient (Wildman–Crippen LogP) is 2.78. The van der Waals surface area contributed by atoms with Crippen LogP contribution in [0.2, 0.25) is 5.02 Å². The number of hydrogen-bond donors (Lipinski definition) is 1. The molecule has 0 radical (unpaired) electrons. The van der Waals surface area contributed by atoms with E-state index in [1.165, 1.54) is 18.4 Å². The fourth-order valence-corrected chi connectivity index (χ4v) is 4.64. The second-order valence-electron chi connectivity index (χ2n) is 7.73. The Morgan fingerprint density at radius 1 is 1.20 bits per heavy atom. The van der Waals surface area contributed by atoms with E-state index in [9.17, 15) is 13.5 Å². The van der Waals surface area contributed by atoms with E-state index in [2.05, 4.69) is 11.0 Å². The van der Waals surface area contributed by atoms with Gasteiger partial charge in [-0.25, -0.2) is 8.42 Å². The Morgan fingerprint density at radius 2 is 1.90 bits per heavy atom. The Hall–Kier alpha value is -2.11. The normalized spacial score (nSPS) is 19.5. The number of nitrogens with zero attached hydrogens (tertiary/aromatic N) is 2. The summed E-state index contributed by atoms with van der Waals surface area (Å²) in [5.74, 6) is 0.911. The molecule has 2 atom stereocenters. The van der Waals surface area contributed by atoms with Crippen molar-refractivity contribution >= 4 is 21.4 Å². The van der Waals surface area contributed by atoms with E-state index in [4.69, 9.17) is 21.6 Å². The molecule has 0 aliphatic carbocycles. The molecule has 0 saturated carbocycles. The molecule has 2 aromatic carbocycles. The summed E-state index contributed by atoms with van der Waals surface area (Å²) in [5.41, 5.74) is 1.57. The lowest BCUT2D eigenvalue weighted by Crippen LogP contribution is -2.24. The number of likely N-dealkylation sites (tertiary alicyclic amines) is 1. The Bertz CT molecular complexity index is 1020. The van der Waals surface area contributed by atoms with Crippen LogP contribution in [0.5, 0.6) is 5.75 Å². The van der Waals surface area contributed by atoms with E-state index in [0.717, 1.165) is 31.6 Å². The van der Waals surface area contributed by atoms with E-state index in [1.807, 2.05) is 12.1 Å². The molecule has 2 unspecified atom stereocenters. The van der Waals surface area contributed by atoms with Gasteiger partial charge in [0.15, 0.2) is 9.84 Å². The number of halogens is 1. The summed E-state index contributed by atoms with van der Waals surface area (Å²) in [6.45, 7) is 2.94. The third-order valence-corrected chi connectivity index (χ3v) is 6.75.